The third-order valence-electron chi connectivity index (χ3n) is 5.60. The number of carbonyl (C=O) groups excluding carboxylic acids is 1. The quantitative estimate of drug-likeness (QED) is 0.554. The molecule has 162 valence electrons. The van der Waals surface area contributed by atoms with Crippen LogP contribution < -0.4 is 0 Å². The van der Waals surface area contributed by atoms with Crippen LogP contribution in [0.15, 0.2) is 59.4 Å². The molecule has 0 aliphatic carbocycles. The lowest BCUT2D eigenvalue weighted by molar-refractivity contribution is -0.133. The summed E-state index contributed by atoms with van der Waals surface area (Å²) >= 11 is 6.26. The van der Waals surface area contributed by atoms with Crippen LogP contribution in [0.4, 0.5) is 0 Å². The maximum atomic E-state index is 12.9. The smallest absolute Gasteiger partial charge is 0.236 e. The van der Waals surface area contributed by atoms with E-state index in [0.717, 1.165) is 41.3 Å². The summed E-state index contributed by atoms with van der Waals surface area (Å²) in [4.78, 5) is 25.5. The fourth-order valence-corrected chi connectivity index (χ4v) is 4.22. The number of carbonyl (C=O) groups is 1. The van der Waals surface area contributed by atoms with Crippen LogP contribution in [0, 0.1) is 0 Å². The number of likely N-dealkylation sites (tertiary alicyclic amines) is 1. The van der Waals surface area contributed by atoms with E-state index in [9.17, 15) is 4.79 Å². The lowest BCUT2D eigenvalue weighted by Crippen LogP contribution is -2.43. The van der Waals surface area contributed by atoms with E-state index in [1.807, 2.05) is 59.4 Å². The highest BCUT2D eigenvalue weighted by Gasteiger charge is 2.28. The fraction of sp³-hybridized carbons (Fsp3) is 0.375. The van der Waals surface area contributed by atoms with Crippen molar-refractivity contribution >= 4 is 17.5 Å². The Bertz CT molecular complexity index is 1010. The van der Waals surface area contributed by atoms with Gasteiger partial charge in [0.25, 0.3) is 0 Å². The van der Waals surface area contributed by atoms with Crippen LogP contribution in [0.5, 0.6) is 0 Å². The molecule has 3 heterocycles. The Morgan fingerprint density at radius 1 is 1.26 bits per heavy atom. The monoisotopic (exact) mass is 438 g/mol. The van der Waals surface area contributed by atoms with E-state index >= 15 is 0 Å². The second-order valence-corrected chi connectivity index (χ2v) is 8.55. The van der Waals surface area contributed by atoms with Gasteiger partial charge in [0.1, 0.15) is 5.76 Å². The highest BCUT2D eigenvalue weighted by molar-refractivity contribution is 6.31. The van der Waals surface area contributed by atoms with E-state index in [-0.39, 0.29) is 11.8 Å². The molecule has 0 unspecified atom stereocenters. The zero-order valence-electron chi connectivity index (χ0n) is 17.7. The summed E-state index contributed by atoms with van der Waals surface area (Å²) < 4.78 is 6.05. The molecule has 3 aromatic rings. The van der Waals surface area contributed by atoms with E-state index in [4.69, 9.17) is 16.0 Å². The van der Waals surface area contributed by atoms with Gasteiger partial charge in [0.2, 0.25) is 5.91 Å². The van der Waals surface area contributed by atoms with Crippen molar-refractivity contribution in [3.05, 3.63) is 82.8 Å². The number of likely N-dealkylation sites (N-methyl/N-ethyl adjacent to an activating group) is 1. The van der Waals surface area contributed by atoms with Crippen molar-refractivity contribution in [2.45, 2.75) is 31.7 Å². The van der Waals surface area contributed by atoms with Gasteiger partial charge in [-0.05, 0) is 43.1 Å². The minimum atomic E-state index is 0.126. The van der Waals surface area contributed by atoms with Crippen molar-refractivity contribution in [1.82, 2.24) is 19.8 Å². The standard InChI is InChI=1S/C24H27ClN4O2/c1-28(15-18-6-4-10-26-13-18)17-23(30)29-11-5-8-20(16-29)24-27-14-21(31-24)12-19-7-2-3-9-22(19)25/h2-4,6-7,9-10,13-14,20H,5,8,11-12,15-17H2,1H3/t20-/m1/s1. The molecule has 1 atom stereocenters. The van der Waals surface area contributed by atoms with Crippen LogP contribution in [0.25, 0.3) is 0 Å². The number of rotatable bonds is 7. The maximum absolute atomic E-state index is 12.9. The van der Waals surface area contributed by atoms with Crippen molar-refractivity contribution in [1.29, 1.82) is 0 Å². The predicted octanol–water partition coefficient (Wildman–Crippen LogP) is 4.15. The number of nitrogens with zero attached hydrogens (tertiary/aromatic N) is 4. The molecule has 2 aromatic heterocycles. The lowest BCUT2D eigenvalue weighted by atomic mass is 9.98. The minimum Gasteiger partial charge on any atom is -0.445 e. The van der Waals surface area contributed by atoms with Crippen molar-refractivity contribution < 1.29 is 9.21 Å². The van der Waals surface area contributed by atoms with Gasteiger partial charge in [-0.2, -0.15) is 0 Å². The molecule has 1 aliphatic rings. The zero-order chi connectivity index (χ0) is 21.6. The summed E-state index contributed by atoms with van der Waals surface area (Å²) in [5, 5.41) is 0.727. The molecule has 31 heavy (non-hydrogen) atoms. The summed E-state index contributed by atoms with van der Waals surface area (Å²) in [6, 6.07) is 11.7. The first kappa shape index (κ1) is 21.5. The summed E-state index contributed by atoms with van der Waals surface area (Å²) in [7, 11) is 1.96. The second-order valence-electron chi connectivity index (χ2n) is 8.15. The van der Waals surface area contributed by atoms with E-state index < -0.39 is 0 Å². The number of halogens is 1. The number of hydrogen-bond donors (Lipinski definition) is 0. The first-order chi connectivity index (χ1) is 15.1. The minimum absolute atomic E-state index is 0.126. The maximum Gasteiger partial charge on any atom is 0.236 e. The average Bonchev–Trinajstić information content (AvgIpc) is 3.25. The highest BCUT2D eigenvalue weighted by Crippen LogP contribution is 2.28. The number of pyridine rings is 1. The van der Waals surface area contributed by atoms with E-state index in [1.54, 1.807) is 12.4 Å². The summed E-state index contributed by atoms with van der Waals surface area (Å²) in [6.07, 6.45) is 7.90. The summed E-state index contributed by atoms with van der Waals surface area (Å²) in [5.74, 6) is 1.77. The Labute approximate surface area is 187 Å². The largest absolute Gasteiger partial charge is 0.445 e. The summed E-state index contributed by atoms with van der Waals surface area (Å²) in [6.45, 7) is 2.50. The van der Waals surface area contributed by atoms with Gasteiger partial charge in [-0.15, -0.1) is 0 Å². The van der Waals surface area contributed by atoms with Crippen molar-refractivity contribution in [3.8, 4) is 0 Å². The average molecular weight is 439 g/mol. The van der Waals surface area contributed by atoms with Gasteiger partial charge in [-0.25, -0.2) is 4.98 Å². The molecular formula is C24H27ClN4O2. The SMILES string of the molecule is CN(CC(=O)N1CCC[C@@H](c2ncc(Cc3ccccc3Cl)o2)C1)Cc1cccnc1. The van der Waals surface area contributed by atoms with Gasteiger partial charge in [0, 0.05) is 43.5 Å². The van der Waals surface area contributed by atoms with E-state index in [1.165, 1.54) is 0 Å². The molecule has 0 saturated carbocycles. The van der Waals surface area contributed by atoms with Crippen LogP contribution >= 0.6 is 11.6 Å². The summed E-state index contributed by atoms with van der Waals surface area (Å²) in [5.41, 5.74) is 2.11. The number of amides is 1. The Morgan fingerprint density at radius 2 is 2.13 bits per heavy atom. The Kier molecular flexibility index (Phi) is 6.99. The van der Waals surface area contributed by atoms with Crippen LogP contribution in [0.3, 0.4) is 0 Å². The molecule has 1 amide bonds. The molecule has 6 nitrogen and oxygen atoms in total. The highest BCUT2D eigenvalue weighted by atomic mass is 35.5. The molecule has 1 aromatic carbocycles. The fourth-order valence-electron chi connectivity index (χ4n) is 4.02. The second kappa shape index (κ2) is 10.1. The number of aromatic nitrogens is 2. The van der Waals surface area contributed by atoms with Gasteiger partial charge in [0.15, 0.2) is 5.89 Å². The Hall–Kier alpha value is -2.70. The molecule has 0 bridgehead atoms. The van der Waals surface area contributed by atoms with E-state index in [0.29, 0.717) is 31.9 Å². The Balaban J connectivity index is 1.33. The number of piperidine rings is 1. The van der Waals surface area contributed by atoms with Crippen molar-refractivity contribution in [2.24, 2.45) is 0 Å². The molecule has 4 rings (SSSR count). The molecule has 1 fully saturated rings. The van der Waals surface area contributed by atoms with Crippen LogP contribution in [-0.2, 0) is 17.8 Å². The van der Waals surface area contributed by atoms with Crippen LogP contribution in [-0.4, -0.2) is 52.4 Å². The molecule has 0 spiro atoms. The normalized spacial score (nSPS) is 16.6. The first-order valence-corrected chi connectivity index (χ1v) is 11.0. The molecule has 7 heteroatoms. The van der Waals surface area contributed by atoms with Crippen molar-refractivity contribution in [3.63, 3.8) is 0 Å². The molecule has 0 radical (unpaired) electrons. The molecule has 0 N–H and O–H groups in total. The van der Waals surface area contributed by atoms with Gasteiger partial charge < -0.3 is 9.32 Å². The number of hydrogen-bond acceptors (Lipinski definition) is 5. The zero-order valence-corrected chi connectivity index (χ0v) is 18.5. The van der Waals surface area contributed by atoms with Gasteiger partial charge in [0.05, 0.1) is 18.7 Å². The van der Waals surface area contributed by atoms with Gasteiger partial charge >= 0.3 is 0 Å². The van der Waals surface area contributed by atoms with Gasteiger partial charge in [-0.1, -0.05) is 35.9 Å². The number of benzene rings is 1. The molecule has 1 saturated heterocycles. The third kappa shape index (κ3) is 5.71. The topological polar surface area (TPSA) is 62.5 Å². The lowest BCUT2D eigenvalue weighted by Gasteiger charge is -2.32. The first-order valence-electron chi connectivity index (χ1n) is 10.6. The third-order valence-corrected chi connectivity index (χ3v) is 5.97. The van der Waals surface area contributed by atoms with Crippen LogP contribution in [0.1, 0.15) is 41.5 Å². The van der Waals surface area contributed by atoms with Crippen LogP contribution in [0.2, 0.25) is 5.02 Å². The van der Waals surface area contributed by atoms with Gasteiger partial charge in [-0.3, -0.25) is 14.7 Å². The van der Waals surface area contributed by atoms with E-state index in [2.05, 4.69) is 9.97 Å². The molecular weight excluding hydrogens is 412 g/mol. The molecule has 1 aliphatic heterocycles. The predicted molar refractivity (Wildman–Crippen MR) is 120 cm³/mol. The number of oxazole rings is 1. The Morgan fingerprint density at radius 3 is 2.94 bits per heavy atom. The van der Waals surface area contributed by atoms with Crippen molar-refractivity contribution in [2.75, 3.05) is 26.7 Å².